The summed E-state index contributed by atoms with van der Waals surface area (Å²) < 4.78 is 6.92. The molecular weight excluding hydrogens is 368 g/mol. The van der Waals surface area contributed by atoms with Crippen molar-refractivity contribution in [1.82, 2.24) is 0 Å². The van der Waals surface area contributed by atoms with Gasteiger partial charge in [-0.25, -0.2) is 0 Å². The van der Waals surface area contributed by atoms with Crippen molar-refractivity contribution in [2.75, 3.05) is 10.6 Å². The molecule has 0 unspecified atom stereocenters. The quantitative estimate of drug-likeness (QED) is 0.628. The first-order valence-electron chi connectivity index (χ1n) is 7.56. The minimum absolute atomic E-state index is 0.0858. The number of amides is 1. The smallest absolute Gasteiger partial charge is 0.221 e. The summed E-state index contributed by atoms with van der Waals surface area (Å²) in [5, 5.41) is 6.06. The van der Waals surface area contributed by atoms with Crippen LogP contribution in [0.25, 0.3) is 11.3 Å². The van der Waals surface area contributed by atoms with Gasteiger partial charge in [0.05, 0.1) is 6.54 Å². The Balaban J connectivity index is 1.65. The summed E-state index contributed by atoms with van der Waals surface area (Å²) in [6, 6.07) is 19.5. The number of hydrogen-bond acceptors (Lipinski definition) is 3. The summed E-state index contributed by atoms with van der Waals surface area (Å²) in [6.07, 6.45) is 0. The third kappa shape index (κ3) is 4.26. The maximum atomic E-state index is 11.1. The summed E-state index contributed by atoms with van der Waals surface area (Å²) in [5.74, 6) is 1.60. The van der Waals surface area contributed by atoms with Crippen LogP contribution < -0.4 is 10.6 Å². The molecule has 0 saturated heterocycles. The SMILES string of the molecule is CC(=O)Nc1cccc(NCc2ccc(-c3ccc(Br)cc3)o2)c1. The highest BCUT2D eigenvalue weighted by Gasteiger charge is 2.05. The molecule has 1 amide bonds. The number of carbonyl (C=O) groups excluding carboxylic acids is 1. The fourth-order valence-corrected chi connectivity index (χ4v) is 2.61. The summed E-state index contributed by atoms with van der Waals surface area (Å²) in [5.41, 5.74) is 2.72. The van der Waals surface area contributed by atoms with E-state index in [1.807, 2.05) is 60.7 Å². The van der Waals surface area contributed by atoms with Crippen LogP contribution in [0.1, 0.15) is 12.7 Å². The van der Waals surface area contributed by atoms with Crippen molar-refractivity contribution in [1.29, 1.82) is 0 Å². The Kier molecular flexibility index (Phi) is 5.01. The number of rotatable bonds is 5. The van der Waals surface area contributed by atoms with Gasteiger partial charge in [-0.1, -0.05) is 34.1 Å². The van der Waals surface area contributed by atoms with Gasteiger partial charge in [-0.05, 0) is 42.5 Å². The van der Waals surface area contributed by atoms with Crippen LogP contribution in [-0.2, 0) is 11.3 Å². The maximum Gasteiger partial charge on any atom is 0.221 e. The molecule has 3 aromatic rings. The highest BCUT2D eigenvalue weighted by atomic mass is 79.9. The van der Waals surface area contributed by atoms with E-state index in [1.54, 1.807) is 0 Å². The van der Waals surface area contributed by atoms with Gasteiger partial charge in [0.1, 0.15) is 11.5 Å². The molecule has 0 aliphatic heterocycles. The van der Waals surface area contributed by atoms with E-state index in [-0.39, 0.29) is 5.91 Å². The molecule has 0 aliphatic rings. The van der Waals surface area contributed by atoms with Crippen molar-refractivity contribution < 1.29 is 9.21 Å². The zero-order chi connectivity index (χ0) is 16.9. The van der Waals surface area contributed by atoms with E-state index in [1.165, 1.54) is 6.92 Å². The van der Waals surface area contributed by atoms with E-state index in [2.05, 4.69) is 26.6 Å². The van der Waals surface area contributed by atoms with Crippen LogP contribution in [0, 0.1) is 0 Å². The predicted molar refractivity (Wildman–Crippen MR) is 99.9 cm³/mol. The predicted octanol–water partition coefficient (Wildman–Crippen LogP) is 5.28. The van der Waals surface area contributed by atoms with Crippen molar-refractivity contribution in [2.24, 2.45) is 0 Å². The van der Waals surface area contributed by atoms with Gasteiger partial charge in [0.25, 0.3) is 0 Å². The average Bonchev–Trinajstić information content (AvgIpc) is 3.02. The summed E-state index contributed by atoms with van der Waals surface area (Å²) in [6.45, 7) is 2.06. The van der Waals surface area contributed by atoms with E-state index in [9.17, 15) is 4.79 Å². The number of anilines is 2. The third-order valence-corrected chi connectivity index (χ3v) is 3.97. The molecule has 2 aromatic carbocycles. The Morgan fingerprint density at radius 2 is 1.79 bits per heavy atom. The highest BCUT2D eigenvalue weighted by Crippen LogP contribution is 2.24. The van der Waals surface area contributed by atoms with Crippen molar-refractivity contribution in [3.05, 3.63) is 70.9 Å². The molecule has 1 aromatic heterocycles. The lowest BCUT2D eigenvalue weighted by molar-refractivity contribution is -0.114. The number of nitrogens with one attached hydrogen (secondary N) is 2. The standard InChI is InChI=1S/C19H17BrN2O2/c1-13(23)22-17-4-2-3-16(11-17)21-12-18-9-10-19(24-18)14-5-7-15(20)8-6-14/h2-11,21H,12H2,1H3,(H,22,23). The van der Waals surface area contributed by atoms with Crippen molar-refractivity contribution in [3.8, 4) is 11.3 Å². The van der Waals surface area contributed by atoms with Gasteiger partial charge in [0, 0.05) is 28.3 Å². The fourth-order valence-electron chi connectivity index (χ4n) is 2.34. The minimum Gasteiger partial charge on any atom is -0.459 e. The zero-order valence-electron chi connectivity index (χ0n) is 13.2. The van der Waals surface area contributed by atoms with E-state index in [4.69, 9.17) is 4.42 Å². The summed E-state index contributed by atoms with van der Waals surface area (Å²) in [4.78, 5) is 11.1. The number of hydrogen-bond donors (Lipinski definition) is 2. The average molecular weight is 385 g/mol. The van der Waals surface area contributed by atoms with Gasteiger partial charge < -0.3 is 15.1 Å². The molecule has 0 atom stereocenters. The van der Waals surface area contributed by atoms with Gasteiger partial charge in [0.2, 0.25) is 5.91 Å². The number of carbonyl (C=O) groups is 1. The van der Waals surface area contributed by atoms with Crippen LogP contribution in [0.3, 0.4) is 0 Å². The number of halogens is 1. The monoisotopic (exact) mass is 384 g/mol. The van der Waals surface area contributed by atoms with Gasteiger partial charge in [-0.3, -0.25) is 4.79 Å². The van der Waals surface area contributed by atoms with E-state index in [0.717, 1.165) is 32.9 Å². The van der Waals surface area contributed by atoms with Crippen LogP contribution in [0.15, 0.2) is 69.6 Å². The Morgan fingerprint density at radius 3 is 2.54 bits per heavy atom. The molecule has 0 saturated carbocycles. The van der Waals surface area contributed by atoms with Gasteiger partial charge in [-0.15, -0.1) is 0 Å². The highest BCUT2D eigenvalue weighted by molar-refractivity contribution is 9.10. The molecule has 5 heteroatoms. The normalized spacial score (nSPS) is 10.4. The number of furan rings is 1. The van der Waals surface area contributed by atoms with Crippen LogP contribution in [0.5, 0.6) is 0 Å². The zero-order valence-corrected chi connectivity index (χ0v) is 14.8. The largest absolute Gasteiger partial charge is 0.459 e. The lowest BCUT2D eigenvalue weighted by Crippen LogP contribution is -2.06. The summed E-state index contributed by atoms with van der Waals surface area (Å²) in [7, 11) is 0. The van der Waals surface area contributed by atoms with Gasteiger partial charge in [-0.2, -0.15) is 0 Å². The third-order valence-electron chi connectivity index (χ3n) is 3.44. The van der Waals surface area contributed by atoms with Crippen LogP contribution in [0.2, 0.25) is 0 Å². The maximum absolute atomic E-state index is 11.1. The molecule has 122 valence electrons. The second-order valence-electron chi connectivity index (χ2n) is 5.39. The molecule has 3 rings (SSSR count). The first-order chi connectivity index (χ1) is 11.6. The summed E-state index contributed by atoms with van der Waals surface area (Å²) >= 11 is 3.43. The second kappa shape index (κ2) is 7.36. The fraction of sp³-hybridized carbons (Fsp3) is 0.105. The molecule has 0 fully saturated rings. The molecular formula is C19H17BrN2O2. The van der Waals surface area contributed by atoms with E-state index >= 15 is 0 Å². The topological polar surface area (TPSA) is 54.3 Å². The van der Waals surface area contributed by atoms with Crippen LogP contribution in [0.4, 0.5) is 11.4 Å². The Labute approximate surface area is 149 Å². The van der Waals surface area contributed by atoms with Crippen molar-refractivity contribution >= 4 is 33.2 Å². The Morgan fingerprint density at radius 1 is 1.04 bits per heavy atom. The molecule has 0 bridgehead atoms. The molecule has 0 aliphatic carbocycles. The van der Waals surface area contributed by atoms with E-state index < -0.39 is 0 Å². The molecule has 2 N–H and O–H groups in total. The lowest BCUT2D eigenvalue weighted by Gasteiger charge is -2.07. The number of benzene rings is 2. The van der Waals surface area contributed by atoms with Gasteiger partial charge >= 0.3 is 0 Å². The molecule has 1 heterocycles. The van der Waals surface area contributed by atoms with Crippen molar-refractivity contribution in [2.45, 2.75) is 13.5 Å². The molecule has 0 spiro atoms. The molecule has 24 heavy (non-hydrogen) atoms. The minimum atomic E-state index is -0.0858. The molecule has 0 radical (unpaired) electrons. The van der Waals surface area contributed by atoms with Crippen LogP contribution in [-0.4, -0.2) is 5.91 Å². The lowest BCUT2D eigenvalue weighted by atomic mass is 10.2. The van der Waals surface area contributed by atoms with Crippen molar-refractivity contribution in [3.63, 3.8) is 0 Å². The van der Waals surface area contributed by atoms with Gasteiger partial charge in [0.15, 0.2) is 0 Å². The molecule has 4 nitrogen and oxygen atoms in total. The second-order valence-corrected chi connectivity index (χ2v) is 6.30. The Hall–Kier alpha value is -2.53. The first-order valence-corrected chi connectivity index (χ1v) is 8.35. The Bertz CT molecular complexity index is 841. The first kappa shape index (κ1) is 16.3. The van der Waals surface area contributed by atoms with Crippen LogP contribution >= 0.6 is 15.9 Å². The van der Waals surface area contributed by atoms with E-state index in [0.29, 0.717) is 6.54 Å².